The van der Waals surface area contributed by atoms with Crippen molar-refractivity contribution in [2.45, 2.75) is 52.1 Å². The molecule has 0 aromatic heterocycles. The highest BCUT2D eigenvalue weighted by atomic mass is 35.5. The van der Waals surface area contributed by atoms with Gasteiger partial charge in [-0.25, -0.2) is 4.39 Å². The van der Waals surface area contributed by atoms with Gasteiger partial charge in [-0.2, -0.15) is 0 Å². The van der Waals surface area contributed by atoms with E-state index in [4.69, 9.17) is 11.6 Å². The summed E-state index contributed by atoms with van der Waals surface area (Å²) >= 11 is 6.14. The van der Waals surface area contributed by atoms with Gasteiger partial charge >= 0.3 is 0 Å². The fourth-order valence-electron chi connectivity index (χ4n) is 5.02. The molecule has 1 saturated carbocycles. The van der Waals surface area contributed by atoms with Gasteiger partial charge in [0.1, 0.15) is 5.82 Å². The van der Waals surface area contributed by atoms with Crippen LogP contribution in [0.15, 0.2) is 36.4 Å². The lowest BCUT2D eigenvalue weighted by Gasteiger charge is -2.41. The van der Waals surface area contributed by atoms with Crippen molar-refractivity contribution in [3.63, 3.8) is 0 Å². The van der Waals surface area contributed by atoms with E-state index < -0.39 is 5.82 Å². The first kappa shape index (κ1) is 23.7. The van der Waals surface area contributed by atoms with Gasteiger partial charge in [0.15, 0.2) is 0 Å². The van der Waals surface area contributed by atoms with Crippen LogP contribution in [0.1, 0.15) is 54.1 Å². The Kier molecular flexibility index (Phi) is 7.35. The third-order valence-corrected chi connectivity index (χ3v) is 7.27. The van der Waals surface area contributed by atoms with Crippen LogP contribution in [0.4, 0.5) is 10.1 Å². The Labute approximate surface area is 199 Å². The molecule has 5 nitrogen and oxygen atoms in total. The maximum absolute atomic E-state index is 14.5. The lowest BCUT2D eigenvalue weighted by molar-refractivity contribution is -0.140. The van der Waals surface area contributed by atoms with Crippen molar-refractivity contribution in [1.82, 2.24) is 9.80 Å². The van der Waals surface area contributed by atoms with Crippen molar-refractivity contribution in [2.24, 2.45) is 5.92 Å². The minimum absolute atomic E-state index is 0.125. The normalized spacial score (nSPS) is 19.6. The van der Waals surface area contributed by atoms with Gasteiger partial charge in [0.25, 0.3) is 5.91 Å². The van der Waals surface area contributed by atoms with Gasteiger partial charge in [-0.05, 0) is 62.1 Å². The quantitative estimate of drug-likeness (QED) is 0.646. The Bertz CT molecular complexity index is 1040. The van der Waals surface area contributed by atoms with Gasteiger partial charge < -0.3 is 10.2 Å². The summed E-state index contributed by atoms with van der Waals surface area (Å²) < 4.78 is 14.5. The first-order valence-corrected chi connectivity index (χ1v) is 12.1. The highest BCUT2D eigenvalue weighted by Crippen LogP contribution is 2.29. The average molecular weight is 472 g/mol. The van der Waals surface area contributed by atoms with Crippen molar-refractivity contribution >= 4 is 29.1 Å². The zero-order valence-corrected chi connectivity index (χ0v) is 20.0. The predicted octanol–water partition coefficient (Wildman–Crippen LogP) is 5.26. The smallest absolute Gasteiger partial charge is 0.257 e. The Morgan fingerprint density at radius 3 is 2.58 bits per heavy atom. The van der Waals surface area contributed by atoms with Gasteiger partial charge in [-0.1, -0.05) is 36.6 Å². The molecular weight excluding hydrogens is 441 g/mol. The van der Waals surface area contributed by atoms with E-state index in [0.717, 1.165) is 49.9 Å². The molecule has 1 aliphatic heterocycles. The molecule has 0 spiro atoms. The van der Waals surface area contributed by atoms with E-state index in [9.17, 15) is 14.0 Å². The van der Waals surface area contributed by atoms with Crippen LogP contribution in [0.25, 0.3) is 0 Å². The third kappa shape index (κ3) is 5.39. The molecular formula is C26H31ClFN3O2. The topological polar surface area (TPSA) is 52.6 Å². The molecule has 0 unspecified atom stereocenters. The number of carbonyl (C=O) groups is 2. The standard InChI is InChI=1S/C26H31ClFN3O2/c1-17-15-30(11-12-31(17)26(33)19-7-3-4-8-19)16-20-13-21(28)14-24(18(20)2)29-25(32)22-9-5-6-10-23(22)27/h5-6,9-10,13-14,17,19H,3-4,7-8,11-12,15-16H2,1-2H3,(H,29,32)/t17-/m0/s1. The number of hydrogen-bond acceptors (Lipinski definition) is 3. The van der Waals surface area contributed by atoms with Crippen LogP contribution in [0.2, 0.25) is 5.02 Å². The molecule has 0 bridgehead atoms. The number of carbonyl (C=O) groups excluding carboxylic acids is 2. The average Bonchev–Trinajstić information content (AvgIpc) is 3.32. The van der Waals surface area contributed by atoms with E-state index in [2.05, 4.69) is 17.1 Å². The molecule has 2 aromatic carbocycles. The van der Waals surface area contributed by atoms with Crippen molar-refractivity contribution in [3.8, 4) is 0 Å². The molecule has 2 fully saturated rings. The minimum Gasteiger partial charge on any atom is -0.337 e. The van der Waals surface area contributed by atoms with Gasteiger partial charge in [0.05, 0.1) is 10.6 Å². The molecule has 1 heterocycles. The van der Waals surface area contributed by atoms with Crippen LogP contribution in [-0.2, 0) is 11.3 Å². The molecule has 1 atom stereocenters. The fraction of sp³-hybridized carbons (Fsp3) is 0.462. The molecule has 7 heteroatoms. The van der Waals surface area contributed by atoms with Gasteiger partial charge in [-0.15, -0.1) is 0 Å². The van der Waals surface area contributed by atoms with Crippen LogP contribution in [0.5, 0.6) is 0 Å². The molecule has 2 aromatic rings. The Balaban J connectivity index is 1.43. The van der Waals surface area contributed by atoms with E-state index in [0.29, 0.717) is 35.3 Å². The summed E-state index contributed by atoms with van der Waals surface area (Å²) in [7, 11) is 0. The number of anilines is 1. The number of hydrogen-bond donors (Lipinski definition) is 1. The SMILES string of the molecule is Cc1c(CN2CCN(C(=O)C3CCCC3)[C@@H](C)C2)cc(F)cc1NC(=O)c1ccccc1Cl. The molecule has 1 N–H and O–H groups in total. The molecule has 2 amide bonds. The van der Waals surface area contributed by atoms with Gasteiger partial charge in [0.2, 0.25) is 5.91 Å². The number of nitrogens with one attached hydrogen (secondary N) is 1. The maximum Gasteiger partial charge on any atom is 0.257 e. The van der Waals surface area contributed by atoms with Crippen molar-refractivity contribution in [1.29, 1.82) is 0 Å². The van der Waals surface area contributed by atoms with E-state index in [1.807, 2.05) is 11.8 Å². The summed E-state index contributed by atoms with van der Waals surface area (Å²) in [5.41, 5.74) is 2.44. The minimum atomic E-state index is -0.395. The second-order valence-electron chi connectivity index (χ2n) is 9.27. The van der Waals surface area contributed by atoms with Crippen LogP contribution >= 0.6 is 11.6 Å². The van der Waals surface area contributed by atoms with E-state index >= 15 is 0 Å². The lowest BCUT2D eigenvalue weighted by atomic mass is 10.0. The van der Waals surface area contributed by atoms with Gasteiger partial charge in [0, 0.05) is 43.8 Å². The molecule has 4 rings (SSSR count). The largest absolute Gasteiger partial charge is 0.337 e. The molecule has 176 valence electrons. The fourth-order valence-corrected chi connectivity index (χ4v) is 5.24. The first-order valence-electron chi connectivity index (χ1n) is 11.7. The highest BCUT2D eigenvalue weighted by molar-refractivity contribution is 6.34. The number of nitrogens with zero attached hydrogens (tertiary/aromatic N) is 2. The number of rotatable bonds is 5. The maximum atomic E-state index is 14.5. The molecule has 1 saturated heterocycles. The highest BCUT2D eigenvalue weighted by Gasteiger charge is 2.33. The van der Waals surface area contributed by atoms with Crippen molar-refractivity contribution in [3.05, 3.63) is 63.9 Å². The predicted molar refractivity (Wildman–Crippen MR) is 129 cm³/mol. The zero-order valence-electron chi connectivity index (χ0n) is 19.2. The van der Waals surface area contributed by atoms with Crippen molar-refractivity contribution in [2.75, 3.05) is 25.0 Å². The molecule has 2 aliphatic rings. The Morgan fingerprint density at radius 1 is 1.15 bits per heavy atom. The Hall–Kier alpha value is -2.44. The summed E-state index contributed by atoms with van der Waals surface area (Å²) in [6, 6.07) is 9.78. The molecule has 0 radical (unpaired) electrons. The summed E-state index contributed by atoms with van der Waals surface area (Å²) in [5, 5.41) is 3.16. The summed E-state index contributed by atoms with van der Waals surface area (Å²) in [6.45, 7) is 6.73. The lowest BCUT2D eigenvalue weighted by Crippen LogP contribution is -2.54. The van der Waals surface area contributed by atoms with E-state index in [1.54, 1.807) is 24.3 Å². The summed E-state index contributed by atoms with van der Waals surface area (Å²) in [5.74, 6) is -0.277. The van der Waals surface area contributed by atoms with Crippen LogP contribution in [0.3, 0.4) is 0 Å². The van der Waals surface area contributed by atoms with Gasteiger partial charge in [-0.3, -0.25) is 14.5 Å². The first-order chi connectivity index (χ1) is 15.8. The third-order valence-electron chi connectivity index (χ3n) is 6.94. The Morgan fingerprint density at radius 2 is 1.88 bits per heavy atom. The summed E-state index contributed by atoms with van der Waals surface area (Å²) in [6.07, 6.45) is 4.33. The van der Waals surface area contributed by atoms with E-state index in [1.165, 1.54) is 12.1 Å². The van der Waals surface area contributed by atoms with Crippen LogP contribution in [-0.4, -0.2) is 47.3 Å². The van der Waals surface area contributed by atoms with Crippen molar-refractivity contribution < 1.29 is 14.0 Å². The monoisotopic (exact) mass is 471 g/mol. The molecule has 1 aliphatic carbocycles. The number of benzene rings is 2. The number of amides is 2. The van der Waals surface area contributed by atoms with Crippen LogP contribution in [0, 0.1) is 18.7 Å². The number of halogens is 2. The van der Waals surface area contributed by atoms with Crippen LogP contribution < -0.4 is 5.32 Å². The number of piperazine rings is 1. The second kappa shape index (κ2) is 10.2. The zero-order chi connectivity index (χ0) is 23.5. The second-order valence-corrected chi connectivity index (χ2v) is 9.68. The van der Waals surface area contributed by atoms with E-state index in [-0.39, 0.29) is 17.9 Å². The summed E-state index contributed by atoms with van der Waals surface area (Å²) in [4.78, 5) is 29.8. The molecule has 33 heavy (non-hydrogen) atoms.